The molecule has 0 bridgehead atoms. The summed E-state index contributed by atoms with van der Waals surface area (Å²) >= 11 is 0. The van der Waals surface area contributed by atoms with Crippen LogP contribution >= 0.6 is 0 Å². The van der Waals surface area contributed by atoms with Crippen LogP contribution in [0.25, 0.3) is 0 Å². The Balaban J connectivity index is 2.67. The summed E-state index contributed by atoms with van der Waals surface area (Å²) in [4.78, 5) is 11.8. The molecule has 0 heterocycles. The largest absolute Gasteiger partial charge is 0.385 e. The van der Waals surface area contributed by atoms with Crippen molar-refractivity contribution in [2.75, 3.05) is 19.0 Å². The quantitative estimate of drug-likeness (QED) is 0.828. The molecule has 0 radical (unpaired) electrons. The summed E-state index contributed by atoms with van der Waals surface area (Å²) in [5.41, 5.74) is 6.76. The van der Waals surface area contributed by atoms with Crippen molar-refractivity contribution in [1.82, 2.24) is 0 Å². The van der Waals surface area contributed by atoms with Gasteiger partial charge in [-0.1, -0.05) is 12.1 Å². The molecular weight excluding hydrogens is 254 g/mol. The summed E-state index contributed by atoms with van der Waals surface area (Å²) in [7, 11) is 1.57. The maximum Gasteiger partial charge on any atom is 0.241 e. The number of benzene rings is 1. The standard InChI is InChI=1S/C15H21N3O2/c1-15(2,10-16)11-4-6-12(7-5-11)18-14(19)13(17)8-9-20-3/h4-7,13H,8-9,17H2,1-3H3,(H,18,19). The van der Waals surface area contributed by atoms with E-state index in [1.165, 1.54) is 0 Å². The second-order valence-corrected chi connectivity index (χ2v) is 5.19. The maximum atomic E-state index is 11.8. The van der Waals surface area contributed by atoms with Gasteiger partial charge in [0.1, 0.15) is 0 Å². The molecule has 0 aromatic heterocycles. The molecule has 1 atom stereocenters. The first-order chi connectivity index (χ1) is 9.40. The molecule has 0 aliphatic carbocycles. The van der Waals surface area contributed by atoms with E-state index in [4.69, 9.17) is 15.7 Å². The summed E-state index contributed by atoms with van der Waals surface area (Å²) in [6.07, 6.45) is 0.474. The fraction of sp³-hybridized carbons (Fsp3) is 0.467. The Morgan fingerprint density at radius 2 is 2.05 bits per heavy atom. The molecule has 0 fully saturated rings. The number of anilines is 1. The van der Waals surface area contributed by atoms with Gasteiger partial charge in [-0.25, -0.2) is 0 Å². The fourth-order valence-corrected chi connectivity index (χ4v) is 1.65. The lowest BCUT2D eigenvalue weighted by Gasteiger charge is -2.17. The van der Waals surface area contributed by atoms with Gasteiger partial charge < -0.3 is 15.8 Å². The molecule has 5 heteroatoms. The highest BCUT2D eigenvalue weighted by Gasteiger charge is 2.19. The van der Waals surface area contributed by atoms with Crippen molar-refractivity contribution < 1.29 is 9.53 Å². The number of rotatable bonds is 6. The Hall–Kier alpha value is -1.90. The SMILES string of the molecule is COCCC(N)C(=O)Nc1ccc(C(C)(C)C#N)cc1. The van der Waals surface area contributed by atoms with Crippen LogP contribution in [0.4, 0.5) is 5.69 Å². The van der Waals surface area contributed by atoms with Gasteiger partial charge in [-0.05, 0) is 38.0 Å². The Morgan fingerprint density at radius 1 is 1.45 bits per heavy atom. The van der Waals surface area contributed by atoms with Crippen LogP contribution in [0.1, 0.15) is 25.8 Å². The molecule has 5 nitrogen and oxygen atoms in total. The van der Waals surface area contributed by atoms with Gasteiger partial charge in [-0.3, -0.25) is 4.79 Å². The summed E-state index contributed by atoms with van der Waals surface area (Å²) in [5, 5.41) is 11.8. The number of carbonyl (C=O) groups is 1. The zero-order chi connectivity index (χ0) is 15.2. The highest BCUT2D eigenvalue weighted by molar-refractivity contribution is 5.94. The molecule has 1 amide bonds. The molecule has 1 unspecified atom stereocenters. The van der Waals surface area contributed by atoms with E-state index in [9.17, 15) is 4.79 Å². The number of amides is 1. The minimum Gasteiger partial charge on any atom is -0.385 e. The van der Waals surface area contributed by atoms with E-state index in [1.807, 2.05) is 26.0 Å². The van der Waals surface area contributed by atoms with Crippen LogP contribution in [-0.2, 0) is 14.9 Å². The number of nitrogens with two attached hydrogens (primary N) is 1. The first-order valence-electron chi connectivity index (χ1n) is 6.48. The monoisotopic (exact) mass is 275 g/mol. The Labute approximate surface area is 119 Å². The molecule has 1 aromatic carbocycles. The van der Waals surface area contributed by atoms with E-state index >= 15 is 0 Å². The van der Waals surface area contributed by atoms with Crippen molar-refractivity contribution in [2.24, 2.45) is 5.73 Å². The number of nitrogens with zero attached hydrogens (tertiary/aromatic N) is 1. The average Bonchev–Trinajstić information content (AvgIpc) is 2.45. The van der Waals surface area contributed by atoms with E-state index in [2.05, 4.69) is 11.4 Å². The molecule has 0 aliphatic heterocycles. The van der Waals surface area contributed by atoms with Crippen LogP contribution in [0.5, 0.6) is 0 Å². The molecular formula is C15H21N3O2. The summed E-state index contributed by atoms with van der Waals surface area (Å²) in [6.45, 7) is 4.15. The van der Waals surface area contributed by atoms with Gasteiger partial charge in [0, 0.05) is 19.4 Å². The number of carbonyl (C=O) groups excluding carboxylic acids is 1. The van der Waals surface area contributed by atoms with Crippen LogP contribution in [0.2, 0.25) is 0 Å². The van der Waals surface area contributed by atoms with Crippen LogP contribution in [0.15, 0.2) is 24.3 Å². The Morgan fingerprint density at radius 3 is 2.55 bits per heavy atom. The number of nitriles is 1. The van der Waals surface area contributed by atoms with Gasteiger partial charge in [0.15, 0.2) is 0 Å². The first-order valence-corrected chi connectivity index (χ1v) is 6.48. The van der Waals surface area contributed by atoms with Gasteiger partial charge >= 0.3 is 0 Å². The molecule has 0 spiro atoms. The highest BCUT2D eigenvalue weighted by atomic mass is 16.5. The lowest BCUT2D eigenvalue weighted by molar-refractivity contribution is -0.117. The number of hydrogen-bond acceptors (Lipinski definition) is 4. The number of nitrogens with one attached hydrogen (secondary N) is 1. The molecule has 3 N–H and O–H groups in total. The molecule has 1 rings (SSSR count). The Bertz CT molecular complexity index is 489. The molecule has 0 saturated carbocycles. The van der Waals surface area contributed by atoms with Gasteiger partial charge in [-0.15, -0.1) is 0 Å². The number of ether oxygens (including phenoxy) is 1. The van der Waals surface area contributed by atoms with Gasteiger partial charge in [-0.2, -0.15) is 5.26 Å². The predicted octanol–water partition coefficient (Wildman–Crippen LogP) is 1.79. The minimum atomic E-state index is -0.592. The van der Waals surface area contributed by atoms with Crippen molar-refractivity contribution in [3.05, 3.63) is 29.8 Å². The highest BCUT2D eigenvalue weighted by Crippen LogP contribution is 2.23. The van der Waals surface area contributed by atoms with Crippen molar-refractivity contribution >= 4 is 11.6 Å². The summed E-state index contributed by atoms with van der Waals surface area (Å²) in [6, 6.07) is 8.86. The van der Waals surface area contributed by atoms with Gasteiger partial charge in [0.25, 0.3) is 0 Å². The average molecular weight is 275 g/mol. The Kier molecular flexibility index (Phi) is 5.68. The number of methoxy groups -OCH3 is 1. The normalized spacial score (nSPS) is 12.6. The second kappa shape index (κ2) is 7.04. The molecule has 1 aromatic rings. The third-order valence-corrected chi connectivity index (χ3v) is 3.12. The predicted molar refractivity (Wildman–Crippen MR) is 78.2 cm³/mol. The first kappa shape index (κ1) is 16.2. The summed E-state index contributed by atoms with van der Waals surface area (Å²) in [5.74, 6) is -0.241. The van der Waals surface area contributed by atoms with Crippen LogP contribution in [0, 0.1) is 11.3 Å². The third kappa shape index (κ3) is 4.34. The third-order valence-electron chi connectivity index (χ3n) is 3.12. The van der Waals surface area contributed by atoms with E-state index in [0.29, 0.717) is 18.7 Å². The van der Waals surface area contributed by atoms with E-state index in [-0.39, 0.29) is 5.91 Å². The van der Waals surface area contributed by atoms with Crippen molar-refractivity contribution in [3.8, 4) is 6.07 Å². The summed E-state index contributed by atoms with van der Waals surface area (Å²) < 4.78 is 4.89. The van der Waals surface area contributed by atoms with Crippen LogP contribution in [-0.4, -0.2) is 25.7 Å². The smallest absolute Gasteiger partial charge is 0.241 e. The minimum absolute atomic E-state index is 0.241. The lowest BCUT2D eigenvalue weighted by Crippen LogP contribution is -2.36. The van der Waals surface area contributed by atoms with Gasteiger partial charge in [0.2, 0.25) is 5.91 Å². The topological polar surface area (TPSA) is 88.1 Å². The lowest BCUT2D eigenvalue weighted by atomic mass is 9.86. The maximum absolute atomic E-state index is 11.8. The van der Waals surface area contributed by atoms with Crippen molar-refractivity contribution in [2.45, 2.75) is 31.7 Å². The van der Waals surface area contributed by atoms with E-state index in [1.54, 1.807) is 19.2 Å². The number of hydrogen-bond donors (Lipinski definition) is 2. The zero-order valence-corrected chi connectivity index (χ0v) is 12.1. The van der Waals surface area contributed by atoms with Gasteiger partial charge in [0.05, 0.1) is 17.5 Å². The van der Waals surface area contributed by atoms with Crippen molar-refractivity contribution in [3.63, 3.8) is 0 Å². The van der Waals surface area contributed by atoms with Crippen LogP contribution < -0.4 is 11.1 Å². The van der Waals surface area contributed by atoms with Crippen molar-refractivity contribution in [1.29, 1.82) is 5.26 Å². The van der Waals surface area contributed by atoms with Crippen LogP contribution in [0.3, 0.4) is 0 Å². The molecule has 0 saturated heterocycles. The zero-order valence-electron chi connectivity index (χ0n) is 12.1. The van der Waals surface area contributed by atoms with E-state index < -0.39 is 11.5 Å². The molecule has 108 valence electrons. The fourth-order valence-electron chi connectivity index (χ4n) is 1.65. The van der Waals surface area contributed by atoms with E-state index in [0.717, 1.165) is 5.56 Å². The molecule has 0 aliphatic rings. The molecule has 20 heavy (non-hydrogen) atoms. The second-order valence-electron chi connectivity index (χ2n) is 5.19.